The first-order valence-electron chi connectivity index (χ1n) is 24.0. The summed E-state index contributed by atoms with van der Waals surface area (Å²) in [5, 5.41) is 36.0. The van der Waals surface area contributed by atoms with E-state index in [9.17, 15) is 48.6 Å². The second-order valence-electron chi connectivity index (χ2n) is 17.5. The Morgan fingerprint density at radius 2 is 1.12 bits per heavy atom. The van der Waals surface area contributed by atoms with Gasteiger partial charge in [-0.2, -0.15) is 0 Å². The molecule has 0 fully saturated rings. The molecule has 2 aromatic carbocycles. The molecule has 0 aliphatic carbocycles. The first-order valence-corrected chi connectivity index (χ1v) is 24.0. The van der Waals surface area contributed by atoms with E-state index in [2.05, 4.69) is 51.8 Å². The predicted molar refractivity (Wildman–Crippen MR) is 270 cm³/mol. The number of H-pyrrole nitrogens is 2. The molecule has 6 amide bonds. The lowest BCUT2D eigenvalue weighted by Crippen LogP contribution is -2.60. The number of amides is 6. The number of para-hydroxylation sites is 1. The molecule has 25 nitrogen and oxygen atoms in total. The number of nitrogens with two attached hydrogens (primary N) is 5. The number of unbranched alkanes of at least 4 members (excludes halogenated alkanes) is 2. The van der Waals surface area contributed by atoms with Crippen molar-refractivity contribution in [3.63, 3.8) is 0 Å². The maximum Gasteiger partial charge on any atom is 0.326 e. The Balaban J connectivity index is 1.66. The summed E-state index contributed by atoms with van der Waals surface area (Å²) in [4.78, 5) is 123. The number of rotatable bonds is 33. The van der Waals surface area contributed by atoms with Crippen LogP contribution < -0.4 is 60.6 Å². The minimum Gasteiger partial charge on any atom is -0.481 e. The number of fused-ring (bicyclic) bond motifs is 1. The zero-order valence-electron chi connectivity index (χ0n) is 40.5. The zero-order valence-corrected chi connectivity index (χ0v) is 40.5. The van der Waals surface area contributed by atoms with E-state index in [0.29, 0.717) is 55.6 Å². The molecule has 0 saturated carbocycles. The fourth-order valence-electron chi connectivity index (χ4n) is 7.80. The SMILES string of the molecule is NCCCC[C@H](NC(=O)[C@H](Cc1c[nH]c2ccccc12)NC(=O)[C@H](CCCN=C(N)N)NC(=O)[C@H](Cc1ccccc1)NC(=O)[C@H](Cc1cnc[nH]1)NC(=O)[C@H](CC(=O)O)NC(=O)[C@@H](N)CCCCN)C(=O)O. The van der Waals surface area contributed by atoms with Gasteiger partial charge in [0.15, 0.2) is 5.96 Å². The number of nitrogens with one attached hydrogen (secondary N) is 8. The van der Waals surface area contributed by atoms with Crippen molar-refractivity contribution < 1.29 is 48.6 Å². The second-order valence-corrected chi connectivity index (χ2v) is 17.5. The van der Waals surface area contributed by atoms with Crippen LogP contribution in [-0.4, -0.2) is 140 Å². The van der Waals surface area contributed by atoms with Gasteiger partial charge in [0, 0.05) is 54.8 Å². The number of aromatic amines is 2. The molecule has 0 aliphatic rings. The number of hydrogen-bond acceptors (Lipinski definition) is 13. The van der Waals surface area contributed by atoms with Gasteiger partial charge in [-0.1, -0.05) is 55.0 Å². The molecule has 25 heteroatoms. The molecule has 2 aromatic heterocycles. The van der Waals surface area contributed by atoms with E-state index in [-0.39, 0.29) is 57.5 Å². The van der Waals surface area contributed by atoms with E-state index in [0.717, 1.165) is 10.9 Å². The Bertz CT molecular complexity index is 2460. The Kier molecular flexibility index (Phi) is 23.8. The summed E-state index contributed by atoms with van der Waals surface area (Å²) in [6.07, 6.45) is 5.38. The number of aromatic nitrogens is 3. The minimum atomic E-state index is -1.67. The smallest absolute Gasteiger partial charge is 0.326 e. The minimum absolute atomic E-state index is 0.0348. The molecule has 0 unspecified atom stereocenters. The lowest BCUT2D eigenvalue weighted by molar-refractivity contribution is -0.142. The molecule has 2 heterocycles. The standard InChI is InChI=1S/C48H69N15O10/c49-18-8-6-14-32(51)41(66)60-39(24-40(64)65)46(71)63-38(23-30-26-54-27-57-30)45(70)61-36(21-28-11-2-1-3-12-28)43(68)58-34(17-10-20-55-48(52)53)42(67)62-37(22-29-25-56-33-15-5-4-13-31(29)33)44(69)59-35(47(72)73)16-7-9-19-50/h1-5,11-13,15,25-27,32,34-39,56H,6-10,14,16-24,49-51H2,(H,54,57)(H,58,68)(H,59,69)(H,60,66)(H,61,70)(H,62,67)(H,63,71)(H,64,65)(H,72,73)(H4,52,53,55)/t32-,34-,35-,36-,37-,38-,39-/m0/s1. The summed E-state index contributed by atoms with van der Waals surface area (Å²) >= 11 is 0. The molecule has 7 atom stereocenters. The van der Waals surface area contributed by atoms with Gasteiger partial charge in [-0.25, -0.2) is 9.78 Å². The lowest BCUT2D eigenvalue weighted by Gasteiger charge is -2.27. The van der Waals surface area contributed by atoms with E-state index >= 15 is 0 Å². The highest BCUT2D eigenvalue weighted by Crippen LogP contribution is 2.20. The van der Waals surface area contributed by atoms with Crippen LogP contribution in [0.3, 0.4) is 0 Å². The van der Waals surface area contributed by atoms with Crippen molar-refractivity contribution >= 4 is 64.2 Å². The van der Waals surface area contributed by atoms with Crippen molar-refractivity contribution in [2.75, 3.05) is 19.6 Å². The van der Waals surface area contributed by atoms with E-state index in [1.807, 2.05) is 18.2 Å². The molecule has 4 rings (SSSR count). The molecule has 0 radical (unpaired) electrons. The van der Waals surface area contributed by atoms with E-state index in [1.165, 1.54) is 12.5 Å². The summed E-state index contributed by atoms with van der Waals surface area (Å²) in [7, 11) is 0. The topological polar surface area (TPSA) is 436 Å². The van der Waals surface area contributed by atoms with Crippen molar-refractivity contribution in [3.05, 3.63) is 90.1 Å². The molecule has 0 bridgehead atoms. The number of benzene rings is 2. The Hall–Kier alpha value is -7.90. The number of carboxylic acid groups (broad SMARTS) is 2. The third-order valence-corrected chi connectivity index (χ3v) is 11.7. The molecule has 0 spiro atoms. The average Bonchev–Trinajstić information content (AvgIpc) is 4.03. The van der Waals surface area contributed by atoms with Crippen molar-refractivity contribution in [2.45, 2.75) is 119 Å². The first-order chi connectivity index (χ1) is 35.0. The van der Waals surface area contributed by atoms with Crippen LogP contribution in [0.2, 0.25) is 0 Å². The first kappa shape index (κ1) is 57.7. The van der Waals surface area contributed by atoms with Crippen molar-refractivity contribution in [2.24, 2.45) is 33.7 Å². The number of carboxylic acids is 2. The highest BCUT2D eigenvalue weighted by molar-refractivity contribution is 5.98. The van der Waals surface area contributed by atoms with Gasteiger partial charge in [0.25, 0.3) is 0 Å². The zero-order chi connectivity index (χ0) is 53.3. The van der Waals surface area contributed by atoms with Crippen molar-refractivity contribution in [1.29, 1.82) is 0 Å². The number of guanidine groups is 1. The molecule has 396 valence electrons. The van der Waals surface area contributed by atoms with Gasteiger partial charge in [-0.05, 0) is 75.2 Å². The summed E-state index contributed by atoms with van der Waals surface area (Å²) in [5.41, 5.74) is 30.6. The van der Waals surface area contributed by atoms with Crippen LogP contribution in [0.25, 0.3) is 10.9 Å². The van der Waals surface area contributed by atoms with Crippen LogP contribution in [-0.2, 0) is 57.6 Å². The largest absolute Gasteiger partial charge is 0.481 e. The number of imidazole rings is 1. The average molecular weight is 1020 g/mol. The van der Waals surface area contributed by atoms with Gasteiger partial charge in [0.1, 0.15) is 36.3 Å². The Morgan fingerprint density at radius 3 is 1.73 bits per heavy atom. The summed E-state index contributed by atoms with van der Waals surface area (Å²) < 4.78 is 0. The molecule has 20 N–H and O–H groups in total. The molecular weight excluding hydrogens is 947 g/mol. The van der Waals surface area contributed by atoms with Gasteiger partial charge >= 0.3 is 11.9 Å². The summed E-state index contributed by atoms with van der Waals surface area (Å²) in [6.45, 7) is 0.717. The van der Waals surface area contributed by atoms with Gasteiger partial charge < -0.3 is 80.8 Å². The van der Waals surface area contributed by atoms with Gasteiger partial charge in [-0.3, -0.25) is 38.6 Å². The number of carbonyl (C=O) groups is 8. The molecule has 4 aromatic rings. The molecule has 73 heavy (non-hydrogen) atoms. The quantitative estimate of drug-likeness (QED) is 0.0140. The lowest BCUT2D eigenvalue weighted by atomic mass is 10.0. The predicted octanol–water partition coefficient (Wildman–Crippen LogP) is -1.97. The van der Waals surface area contributed by atoms with Crippen molar-refractivity contribution in [1.82, 2.24) is 46.9 Å². The van der Waals surface area contributed by atoms with E-state index in [4.69, 9.17) is 28.7 Å². The molecule has 0 saturated heterocycles. The maximum absolute atomic E-state index is 14.6. The second kappa shape index (κ2) is 30.1. The molecule has 0 aliphatic heterocycles. The maximum atomic E-state index is 14.6. The van der Waals surface area contributed by atoms with Crippen LogP contribution in [0, 0.1) is 0 Å². The van der Waals surface area contributed by atoms with Crippen LogP contribution in [0.5, 0.6) is 0 Å². The number of carbonyl (C=O) groups excluding carboxylic acids is 6. The number of hydrogen-bond donors (Lipinski definition) is 15. The fourth-order valence-corrected chi connectivity index (χ4v) is 7.80. The third kappa shape index (κ3) is 19.7. The van der Waals surface area contributed by atoms with Gasteiger partial charge in [-0.15, -0.1) is 0 Å². The Labute approximate surface area is 421 Å². The highest BCUT2D eigenvalue weighted by Gasteiger charge is 2.35. The van der Waals surface area contributed by atoms with Crippen LogP contribution in [0.15, 0.2) is 78.3 Å². The van der Waals surface area contributed by atoms with Crippen LogP contribution >= 0.6 is 0 Å². The third-order valence-electron chi connectivity index (χ3n) is 11.7. The number of aliphatic imine (C=N–C) groups is 1. The van der Waals surface area contributed by atoms with Gasteiger partial charge in [0.05, 0.1) is 18.8 Å². The monoisotopic (exact) mass is 1020 g/mol. The summed E-state index contributed by atoms with van der Waals surface area (Å²) in [6, 6.07) is 6.03. The fraction of sp³-hybridized carbons (Fsp3) is 0.458. The Morgan fingerprint density at radius 1 is 0.589 bits per heavy atom. The van der Waals surface area contributed by atoms with E-state index < -0.39 is 96.1 Å². The van der Waals surface area contributed by atoms with Crippen LogP contribution in [0.1, 0.15) is 74.6 Å². The number of nitrogens with zero attached hydrogens (tertiary/aromatic N) is 2. The van der Waals surface area contributed by atoms with Crippen LogP contribution in [0.4, 0.5) is 0 Å². The van der Waals surface area contributed by atoms with Gasteiger partial charge in [0.2, 0.25) is 35.4 Å². The molecular formula is C48H69N15O10. The van der Waals surface area contributed by atoms with E-state index in [1.54, 1.807) is 42.6 Å². The summed E-state index contributed by atoms with van der Waals surface area (Å²) in [5.74, 6) is -8.20. The number of aliphatic carboxylic acids is 2. The highest BCUT2D eigenvalue weighted by atomic mass is 16.4. The van der Waals surface area contributed by atoms with Crippen molar-refractivity contribution in [3.8, 4) is 0 Å². The normalized spacial score (nSPS) is 14.0.